The highest BCUT2D eigenvalue weighted by Crippen LogP contribution is 2.26. The van der Waals surface area contributed by atoms with Crippen molar-refractivity contribution in [2.45, 2.75) is 26.7 Å². The smallest absolute Gasteiger partial charge is 0.0269 e. The standard InChI is InChI=1S/C8H17NO/c1-3-7-5-9(10)6-8(7)4-2/h7-8,10H,3-6H2,1-2H3. The Kier molecular flexibility index (Phi) is 2.69. The van der Waals surface area contributed by atoms with Crippen LogP contribution in [0.2, 0.25) is 0 Å². The van der Waals surface area contributed by atoms with Crippen LogP contribution in [0.3, 0.4) is 0 Å². The lowest BCUT2D eigenvalue weighted by Gasteiger charge is -2.12. The number of rotatable bonds is 2. The zero-order valence-electron chi connectivity index (χ0n) is 6.88. The second-order valence-electron chi connectivity index (χ2n) is 3.21. The van der Waals surface area contributed by atoms with E-state index in [1.165, 1.54) is 17.9 Å². The van der Waals surface area contributed by atoms with Gasteiger partial charge in [0.15, 0.2) is 0 Å². The van der Waals surface area contributed by atoms with Crippen LogP contribution in [0.25, 0.3) is 0 Å². The van der Waals surface area contributed by atoms with Gasteiger partial charge in [-0.2, -0.15) is 5.06 Å². The molecular weight excluding hydrogens is 126 g/mol. The van der Waals surface area contributed by atoms with Gasteiger partial charge >= 0.3 is 0 Å². The summed E-state index contributed by atoms with van der Waals surface area (Å²) in [7, 11) is 0. The van der Waals surface area contributed by atoms with Gasteiger partial charge in [-0.25, -0.2) is 0 Å². The van der Waals surface area contributed by atoms with E-state index in [0.29, 0.717) is 0 Å². The fourth-order valence-corrected chi connectivity index (χ4v) is 1.84. The Morgan fingerprint density at radius 3 is 1.90 bits per heavy atom. The summed E-state index contributed by atoms with van der Waals surface area (Å²) in [6.07, 6.45) is 2.41. The normalized spacial score (nSPS) is 35.1. The zero-order chi connectivity index (χ0) is 7.56. The first kappa shape index (κ1) is 8.02. The number of nitrogens with zero attached hydrogens (tertiary/aromatic N) is 1. The topological polar surface area (TPSA) is 23.5 Å². The lowest BCUT2D eigenvalue weighted by atomic mass is 9.92. The second-order valence-corrected chi connectivity index (χ2v) is 3.21. The molecule has 2 heteroatoms. The molecule has 0 aromatic heterocycles. The Morgan fingerprint density at radius 1 is 1.20 bits per heavy atom. The molecule has 1 fully saturated rings. The number of hydrogen-bond acceptors (Lipinski definition) is 2. The first-order valence-electron chi connectivity index (χ1n) is 4.21. The van der Waals surface area contributed by atoms with Crippen molar-refractivity contribution in [3.8, 4) is 0 Å². The van der Waals surface area contributed by atoms with Crippen LogP contribution < -0.4 is 0 Å². The van der Waals surface area contributed by atoms with E-state index < -0.39 is 0 Å². The van der Waals surface area contributed by atoms with Crippen molar-refractivity contribution in [1.82, 2.24) is 5.06 Å². The predicted octanol–water partition coefficient (Wildman–Crippen LogP) is 1.74. The number of hydrogen-bond donors (Lipinski definition) is 1. The number of hydroxylamine groups is 2. The fourth-order valence-electron chi connectivity index (χ4n) is 1.84. The monoisotopic (exact) mass is 143 g/mol. The Labute approximate surface area is 62.8 Å². The molecule has 0 amide bonds. The van der Waals surface area contributed by atoms with Crippen molar-refractivity contribution in [2.24, 2.45) is 11.8 Å². The minimum absolute atomic E-state index is 0.731. The van der Waals surface area contributed by atoms with Gasteiger partial charge in [-0.1, -0.05) is 26.7 Å². The minimum Gasteiger partial charge on any atom is -0.314 e. The maximum atomic E-state index is 9.17. The summed E-state index contributed by atoms with van der Waals surface area (Å²) in [5, 5.41) is 10.6. The van der Waals surface area contributed by atoms with E-state index in [2.05, 4.69) is 13.8 Å². The van der Waals surface area contributed by atoms with Crippen molar-refractivity contribution in [3.63, 3.8) is 0 Å². The zero-order valence-corrected chi connectivity index (χ0v) is 6.88. The van der Waals surface area contributed by atoms with Crippen LogP contribution in [0.1, 0.15) is 26.7 Å². The molecule has 0 aromatic carbocycles. The van der Waals surface area contributed by atoms with Gasteiger partial charge in [0, 0.05) is 13.1 Å². The van der Waals surface area contributed by atoms with Crippen molar-refractivity contribution < 1.29 is 5.21 Å². The van der Waals surface area contributed by atoms with Gasteiger partial charge in [0.2, 0.25) is 0 Å². The summed E-state index contributed by atoms with van der Waals surface area (Å²) in [6.45, 7) is 6.17. The largest absolute Gasteiger partial charge is 0.314 e. The van der Waals surface area contributed by atoms with Crippen LogP contribution in [-0.2, 0) is 0 Å². The Hall–Kier alpha value is -0.0800. The van der Waals surface area contributed by atoms with Gasteiger partial charge < -0.3 is 5.21 Å². The summed E-state index contributed by atoms with van der Waals surface area (Å²) in [5.41, 5.74) is 0. The molecule has 0 bridgehead atoms. The van der Waals surface area contributed by atoms with Crippen LogP contribution in [0, 0.1) is 11.8 Å². The molecule has 1 saturated heterocycles. The predicted molar refractivity (Wildman–Crippen MR) is 40.9 cm³/mol. The molecule has 10 heavy (non-hydrogen) atoms. The molecule has 60 valence electrons. The van der Waals surface area contributed by atoms with Gasteiger partial charge in [0.25, 0.3) is 0 Å². The maximum absolute atomic E-state index is 9.17. The average Bonchev–Trinajstić information content (AvgIpc) is 2.30. The van der Waals surface area contributed by atoms with E-state index in [9.17, 15) is 0 Å². The molecule has 0 aliphatic carbocycles. The van der Waals surface area contributed by atoms with Gasteiger partial charge in [-0.3, -0.25) is 0 Å². The average molecular weight is 143 g/mol. The Balaban J connectivity index is 2.41. The highest BCUT2D eigenvalue weighted by atomic mass is 16.5. The van der Waals surface area contributed by atoms with Gasteiger partial charge in [0.05, 0.1) is 0 Å². The molecule has 0 radical (unpaired) electrons. The lowest BCUT2D eigenvalue weighted by Crippen LogP contribution is -2.14. The van der Waals surface area contributed by atoms with Crippen molar-refractivity contribution in [1.29, 1.82) is 0 Å². The minimum atomic E-state index is 0.731. The summed E-state index contributed by atoms with van der Waals surface area (Å²) < 4.78 is 0. The van der Waals surface area contributed by atoms with Crippen LogP contribution in [0.4, 0.5) is 0 Å². The van der Waals surface area contributed by atoms with Gasteiger partial charge in [-0.05, 0) is 11.8 Å². The molecule has 1 aliphatic rings. The molecule has 1 aliphatic heterocycles. The molecule has 2 atom stereocenters. The molecule has 0 aromatic rings. The third-order valence-electron chi connectivity index (χ3n) is 2.61. The molecule has 2 nitrogen and oxygen atoms in total. The summed E-state index contributed by atoms with van der Waals surface area (Å²) in [6, 6.07) is 0. The third-order valence-corrected chi connectivity index (χ3v) is 2.61. The Morgan fingerprint density at radius 2 is 1.60 bits per heavy atom. The van der Waals surface area contributed by atoms with E-state index in [1.807, 2.05) is 0 Å². The van der Waals surface area contributed by atoms with E-state index >= 15 is 0 Å². The SMILES string of the molecule is CCC1CN(O)CC1CC. The lowest BCUT2D eigenvalue weighted by molar-refractivity contribution is -0.0737. The second kappa shape index (κ2) is 3.35. The van der Waals surface area contributed by atoms with E-state index in [1.54, 1.807) is 0 Å². The van der Waals surface area contributed by atoms with E-state index in [-0.39, 0.29) is 0 Å². The highest BCUT2D eigenvalue weighted by molar-refractivity contribution is 4.77. The summed E-state index contributed by atoms with van der Waals surface area (Å²) in [4.78, 5) is 0. The van der Waals surface area contributed by atoms with Crippen LogP contribution >= 0.6 is 0 Å². The first-order valence-corrected chi connectivity index (χ1v) is 4.21. The molecule has 2 unspecified atom stereocenters. The molecule has 0 spiro atoms. The molecule has 1 N–H and O–H groups in total. The summed E-state index contributed by atoms with van der Waals surface area (Å²) >= 11 is 0. The molecule has 1 rings (SSSR count). The van der Waals surface area contributed by atoms with Gasteiger partial charge in [-0.15, -0.1) is 0 Å². The van der Waals surface area contributed by atoms with E-state index in [0.717, 1.165) is 24.9 Å². The first-order chi connectivity index (χ1) is 4.77. The summed E-state index contributed by atoms with van der Waals surface area (Å²) in [5.74, 6) is 1.46. The van der Waals surface area contributed by atoms with E-state index in [4.69, 9.17) is 5.21 Å². The van der Waals surface area contributed by atoms with Crippen molar-refractivity contribution >= 4 is 0 Å². The van der Waals surface area contributed by atoms with Crippen LogP contribution in [0.15, 0.2) is 0 Å². The quantitative estimate of drug-likeness (QED) is 0.636. The Bertz CT molecular complexity index is 93.4. The van der Waals surface area contributed by atoms with Crippen molar-refractivity contribution in [2.75, 3.05) is 13.1 Å². The van der Waals surface area contributed by atoms with Crippen LogP contribution in [-0.4, -0.2) is 23.4 Å². The van der Waals surface area contributed by atoms with Crippen LogP contribution in [0.5, 0.6) is 0 Å². The molecule has 0 saturated carbocycles. The molecular formula is C8H17NO. The van der Waals surface area contributed by atoms with Gasteiger partial charge in [0.1, 0.15) is 0 Å². The highest BCUT2D eigenvalue weighted by Gasteiger charge is 2.28. The van der Waals surface area contributed by atoms with Crippen molar-refractivity contribution in [3.05, 3.63) is 0 Å². The molecule has 1 heterocycles. The fraction of sp³-hybridized carbons (Fsp3) is 1.00. The maximum Gasteiger partial charge on any atom is 0.0269 e. The third kappa shape index (κ3) is 1.50.